The van der Waals surface area contributed by atoms with E-state index in [2.05, 4.69) is 4.98 Å². The molecular weight excluding hydrogens is 352 g/mol. The van der Waals surface area contributed by atoms with Crippen molar-refractivity contribution in [1.82, 2.24) is 18.7 Å². The molecule has 0 radical (unpaired) electrons. The number of aromatic nitrogens is 4. The van der Waals surface area contributed by atoms with Crippen LogP contribution in [0.3, 0.4) is 0 Å². The SMILES string of the molecule is CCn1c(=O)c2c(ncn2[C@@H](C)c2ccccc2)n(-c2ccccc2C)c1=O. The number of aryl methyl sites for hydroxylation is 1. The van der Waals surface area contributed by atoms with Gasteiger partial charge >= 0.3 is 5.69 Å². The molecule has 0 amide bonds. The summed E-state index contributed by atoms with van der Waals surface area (Å²) in [5.41, 5.74) is 2.88. The summed E-state index contributed by atoms with van der Waals surface area (Å²) >= 11 is 0. The fraction of sp³-hybridized carbons (Fsp3) is 0.227. The molecule has 0 N–H and O–H groups in total. The first-order valence-electron chi connectivity index (χ1n) is 9.38. The van der Waals surface area contributed by atoms with Crippen molar-refractivity contribution in [3.63, 3.8) is 0 Å². The van der Waals surface area contributed by atoms with E-state index < -0.39 is 0 Å². The van der Waals surface area contributed by atoms with Crippen molar-refractivity contribution in [3.05, 3.63) is 92.9 Å². The van der Waals surface area contributed by atoms with Crippen LogP contribution in [0.15, 0.2) is 70.5 Å². The first-order chi connectivity index (χ1) is 13.5. The summed E-state index contributed by atoms with van der Waals surface area (Å²) < 4.78 is 4.67. The van der Waals surface area contributed by atoms with E-state index in [4.69, 9.17) is 0 Å². The Bertz CT molecular complexity index is 1270. The fourth-order valence-corrected chi connectivity index (χ4v) is 3.64. The highest BCUT2D eigenvalue weighted by molar-refractivity contribution is 5.73. The van der Waals surface area contributed by atoms with Crippen LogP contribution in [0, 0.1) is 6.92 Å². The second-order valence-corrected chi connectivity index (χ2v) is 6.86. The van der Waals surface area contributed by atoms with E-state index in [-0.39, 0.29) is 17.3 Å². The summed E-state index contributed by atoms with van der Waals surface area (Å²) in [6.45, 7) is 6.07. The van der Waals surface area contributed by atoms with Gasteiger partial charge in [0.15, 0.2) is 11.2 Å². The molecule has 4 aromatic rings. The maximum Gasteiger partial charge on any atom is 0.337 e. The van der Waals surface area contributed by atoms with Crippen LogP contribution in [0.1, 0.15) is 31.0 Å². The highest BCUT2D eigenvalue weighted by Gasteiger charge is 2.21. The molecule has 6 nitrogen and oxygen atoms in total. The molecule has 6 heteroatoms. The summed E-state index contributed by atoms with van der Waals surface area (Å²) in [4.78, 5) is 30.8. The third-order valence-electron chi connectivity index (χ3n) is 5.23. The summed E-state index contributed by atoms with van der Waals surface area (Å²) in [6, 6.07) is 17.5. The van der Waals surface area contributed by atoms with Gasteiger partial charge in [-0.15, -0.1) is 0 Å². The highest BCUT2D eigenvalue weighted by atomic mass is 16.2. The summed E-state index contributed by atoms with van der Waals surface area (Å²) in [6.07, 6.45) is 1.65. The van der Waals surface area contributed by atoms with Crippen LogP contribution >= 0.6 is 0 Å². The third-order valence-corrected chi connectivity index (χ3v) is 5.23. The number of benzene rings is 2. The number of hydrogen-bond acceptors (Lipinski definition) is 3. The first kappa shape index (κ1) is 18.0. The number of imidazole rings is 1. The predicted octanol–water partition coefficient (Wildman–Crippen LogP) is 3.29. The molecule has 4 rings (SSSR count). The van der Waals surface area contributed by atoms with Crippen molar-refractivity contribution in [3.8, 4) is 5.69 Å². The van der Waals surface area contributed by atoms with Gasteiger partial charge in [0.2, 0.25) is 0 Å². The molecule has 2 aromatic carbocycles. The largest absolute Gasteiger partial charge is 0.337 e. The van der Waals surface area contributed by atoms with Gasteiger partial charge in [0.25, 0.3) is 5.56 Å². The van der Waals surface area contributed by atoms with Crippen LogP contribution < -0.4 is 11.2 Å². The highest BCUT2D eigenvalue weighted by Crippen LogP contribution is 2.22. The lowest BCUT2D eigenvalue weighted by molar-refractivity contribution is 0.631. The molecule has 28 heavy (non-hydrogen) atoms. The molecule has 142 valence electrons. The summed E-state index contributed by atoms with van der Waals surface area (Å²) in [5.74, 6) is 0. The molecule has 2 aromatic heterocycles. The zero-order valence-electron chi connectivity index (χ0n) is 16.2. The second-order valence-electron chi connectivity index (χ2n) is 6.86. The Hall–Kier alpha value is -3.41. The zero-order valence-corrected chi connectivity index (χ0v) is 16.2. The van der Waals surface area contributed by atoms with Crippen molar-refractivity contribution >= 4 is 11.2 Å². The fourth-order valence-electron chi connectivity index (χ4n) is 3.64. The average molecular weight is 374 g/mol. The van der Waals surface area contributed by atoms with Gasteiger partial charge in [-0.3, -0.25) is 9.36 Å². The van der Waals surface area contributed by atoms with Crippen LogP contribution in [0.4, 0.5) is 0 Å². The van der Waals surface area contributed by atoms with Crippen molar-refractivity contribution in [2.75, 3.05) is 0 Å². The minimum absolute atomic E-state index is 0.0907. The number of rotatable bonds is 4. The van der Waals surface area contributed by atoms with Crippen molar-refractivity contribution in [1.29, 1.82) is 0 Å². The number of para-hydroxylation sites is 1. The van der Waals surface area contributed by atoms with E-state index >= 15 is 0 Å². The summed E-state index contributed by atoms with van der Waals surface area (Å²) in [7, 11) is 0. The molecule has 0 saturated carbocycles. The summed E-state index contributed by atoms with van der Waals surface area (Å²) in [5, 5.41) is 0. The molecule has 0 aliphatic heterocycles. The molecule has 0 aliphatic rings. The molecule has 1 atom stereocenters. The van der Waals surface area contributed by atoms with Crippen LogP contribution in [-0.4, -0.2) is 18.7 Å². The average Bonchev–Trinajstić information content (AvgIpc) is 3.15. The molecule has 2 heterocycles. The zero-order chi connectivity index (χ0) is 19.8. The Morgan fingerprint density at radius 1 is 1.00 bits per heavy atom. The van der Waals surface area contributed by atoms with E-state index in [1.165, 1.54) is 4.57 Å². The Morgan fingerprint density at radius 3 is 2.36 bits per heavy atom. The number of fused-ring (bicyclic) bond motifs is 1. The standard InChI is InChI=1S/C22H22N4O2/c1-4-24-21(27)19-20(26(22(24)28)18-13-9-8-10-15(18)2)23-14-25(19)16(3)17-11-6-5-7-12-17/h5-14,16H,4H2,1-3H3/t16-/m0/s1. The van der Waals surface area contributed by atoms with Gasteiger partial charge in [0, 0.05) is 6.54 Å². The monoisotopic (exact) mass is 374 g/mol. The Kier molecular flexibility index (Phi) is 4.47. The van der Waals surface area contributed by atoms with Crippen molar-refractivity contribution in [2.45, 2.75) is 33.4 Å². The first-order valence-corrected chi connectivity index (χ1v) is 9.38. The second kappa shape index (κ2) is 6.96. The van der Waals surface area contributed by atoms with Crippen LogP contribution in [-0.2, 0) is 6.54 Å². The Labute approximate surface area is 162 Å². The van der Waals surface area contributed by atoms with E-state index in [9.17, 15) is 9.59 Å². The van der Waals surface area contributed by atoms with E-state index in [1.807, 2.05) is 73.0 Å². The predicted molar refractivity (Wildman–Crippen MR) is 110 cm³/mol. The van der Waals surface area contributed by atoms with Gasteiger partial charge in [-0.2, -0.15) is 0 Å². The van der Waals surface area contributed by atoms with Crippen molar-refractivity contribution in [2.24, 2.45) is 0 Å². The Balaban J connectivity index is 2.08. The minimum Gasteiger partial charge on any atom is -0.317 e. The molecule has 0 saturated heterocycles. The lowest BCUT2D eigenvalue weighted by atomic mass is 10.1. The Morgan fingerprint density at radius 2 is 1.68 bits per heavy atom. The third kappa shape index (κ3) is 2.69. The van der Waals surface area contributed by atoms with Gasteiger partial charge in [-0.25, -0.2) is 14.3 Å². The molecule has 0 unspecified atom stereocenters. The lowest BCUT2D eigenvalue weighted by Crippen LogP contribution is -2.40. The molecular formula is C22H22N4O2. The van der Waals surface area contributed by atoms with Crippen LogP contribution in [0.5, 0.6) is 0 Å². The van der Waals surface area contributed by atoms with Gasteiger partial charge < -0.3 is 4.57 Å². The van der Waals surface area contributed by atoms with Gasteiger partial charge in [0.05, 0.1) is 18.1 Å². The minimum atomic E-state index is -0.369. The number of nitrogens with zero attached hydrogens (tertiary/aromatic N) is 4. The van der Waals surface area contributed by atoms with Gasteiger partial charge in [-0.05, 0) is 38.0 Å². The van der Waals surface area contributed by atoms with Gasteiger partial charge in [0.1, 0.15) is 0 Å². The van der Waals surface area contributed by atoms with E-state index in [0.717, 1.165) is 16.8 Å². The lowest BCUT2D eigenvalue weighted by Gasteiger charge is -2.16. The van der Waals surface area contributed by atoms with Crippen LogP contribution in [0.25, 0.3) is 16.9 Å². The molecule has 0 fully saturated rings. The van der Waals surface area contributed by atoms with E-state index in [0.29, 0.717) is 17.7 Å². The van der Waals surface area contributed by atoms with Crippen molar-refractivity contribution < 1.29 is 0 Å². The normalized spacial score (nSPS) is 12.4. The topological polar surface area (TPSA) is 61.8 Å². The molecule has 0 bridgehead atoms. The smallest absolute Gasteiger partial charge is 0.317 e. The van der Waals surface area contributed by atoms with Gasteiger partial charge in [-0.1, -0.05) is 48.5 Å². The van der Waals surface area contributed by atoms with E-state index in [1.54, 1.807) is 17.8 Å². The maximum absolute atomic E-state index is 13.2. The molecule has 0 spiro atoms. The quantitative estimate of drug-likeness (QED) is 0.551. The maximum atomic E-state index is 13.2. The van der Waals surface area contributed by atoms with Crippen LogP contribution in [0.2, 0.25) is 0 Å². The molecule has 0 aliphatic carbocycles. The number of hydrogen-bond donors (Lipinski definition) is 0.